The molecule has 0 saturated heterocycles. The van der Waals surface area contributed by atoms with Crippen LogP contribution in [0.15, 0.2) is 81.5 Å². The van der Waals surface area contributed by atoms with Crippen LogP contribution in [-0.4, -0.2) is 21.0 Å². The van der Waals surface area contributed by atoms with Crippen molar-refractivity contribution in [3.8, 4) is 53.3 Å². The highest BCUT2D eigenvalue weighted by Gasteiger charge is 2.32. The van der Waals surface area contributed by atoms with E-state index >= 15 is 0 Å². The summed E-state index contributed by atoms with van der Waals surface area (Å²) in [7, 11) is 0. The number of nitrogens with zero attached hydrogens (tertiary/aromatic N) is 4. The third kappa shape index (κ3) is 11.3. The molecule has 1 aliphatic heterocycles. The van der Waals surface area contributed by atoms with Crippen molar-refractivity contribution in [1.82, 2.24) is 8.75 Å². The minimum absolute atomic E-state index is 0.140. The van der Waals surface area contributed by atoms with Crippen molar-refractivity contribution in [3.05, 3.63) is 72.8 Å². The van der Waals surface area contributed by atoms with Crippen molar-refractivity contribution in [2.24, 2.45) is 8.73 Å². The third-order valence-corrected chi connectivity index (χ3v) is 13.9. The molecule has 0 spiro atoms. The van der Waals surface area contributed by atoms with Crippen molar-refractivity contribution in [3.63, 3.8) is 0 Å². The Morgan fingerprint density at radius 3 is 1.23 bits per heavy atom. The Hall–Kier alpha value is -3.98. The van der Waals surface area contributed by atoms with Crippen LogP contribution in [0.2, 0.25) is 0 Å². The Labute approximate surface area is 365 Å². The summed E-state index contributed by atoms with van der Waals surface area (Å²) in [4.78, 5) is 3.80. The summed E-state index contributed by atoms with van der Waals surface area (Å²) < 4.78 is 87.7. The average Bonchev–Trinajstić information content (AvgIpc) is 4.08. The maximum Gasteiger partial charge on any atom is 0.397 e. The van der Waals surface area contributed by atoms with Gasteiger partial charge in [-0.15, -0.1) is 22.7 Å². The molecule has 1 aliphatic rings. The molecule has 7 rings (SSSR count). The molecule has 0 saturated carbocycles. The van der Waals surface area contributed by atoms with Crippen LogP contribution in [0.5, 0.6) is 11.5 Å². The lowest BCUT2D eigenvalue weighted by molar-refractivity contribution is -0.182. The monoisotopic (exact) mass is 894 g/mol. The van der Waals surface area contributed by atoms with Crippen molar-refractivity contribution >= 4 is 68.2 Å². The van der Waals surface area contributed by atoms with Crippen LogP contribution in [0.1, 0.15) is 117 Å². The van der Waals surface area contributed by atoms with E-state index in [4.69, 9.17) is 26.9 Å². The Balaban J connectivity index is 1.02. The molecule has 4 heterocycles. The van der Waals surface area contributed by atoms with Crippen LogP contribution in [0.4, 0.5) is 28.9 Å². The molecule has 318 valence electrons. The van der Waals surface area contributed by atoms with Gasteiger partial charge in [0.05, 0.1) is 35.9 Å². The molecular formula is C46H50F4N4O2S4. The van der Waals surface area contributed by atoms with Crippen molar-refractivity contribution in [1.29, 1.82) is 0 Å². The predicted molar refractivity (Wildman–Crippen MR) is 243 cm³/mol. The van der Waals surface area contributed by atoms with Crippen molar-refractivity contribution < 1.29 is 27.0 Å². The molecule has 3 aromatic carbocycles. The molecule has 6 nitrogen and oxygen atoms in total. The number of hydrogen-bond acceptors (Lipinski definition) is 9. The van der Waals surface area contributed by atoms with E-state index in [9.17, 15) is 17.6 Å². The van der Waals surface area contributed by atoms with Crippen LogP contribution in [0.3, 0.4) is 0 Å². The van der Waals surface area contributed by atoms with E-state index in [1.165, 1.54) is 25.7 Å². The number of alkyl halides is 4. The van der Waals surface area contributed by atoms with Crippen LogP contribution < -0.4 is 9.47 Å². The SMILES string of the molecule is CCCCCCCCCC(F)(F)Oc1ccc(-c2ccc(-c3c4c(c(-c5ccc(-c6ccc(OC(F)(F)CCCCCCCCC)cc6)s5)c5nsnc35)N=S=N4)s2)cc1. The molecule has 0 N–H and O–H groups in total. The zero-order valence-corrected chi connectivity index (χ0v) is 37.3. The molecule has 3 aromatic heterocycles. The van der Waals surface area contributed by atoms with Gasteiger partial charge < -0.3 is 9.47 Å². The lowest BCUT2D eigenvalue weighted by atomic mass is 10.0. The van der Waals surface area contributed by atoms with Gasteiger partial charge in [-0.05, 0) is 96.8 Å². The van der Waals surface area contributed by atoms with Gasteiger partial charge in [-0.1, -0.05) is 90.9 Å². The largest absolute Gasteiger partial charge is 0.433 e. The van der Waals surface area contributed by atoms with Gasteiger partial charge in [0, 0.05) is 30.6 Å². The fourth-order valence-electron chi connectivity index (χ4n) is 7.38. The van der Waals surface area contributed by atoms with Gasteiger partial charge in [-0.25, -0.2) is 0 Å². The number of hydrogen-bond donors (Lipinski definition) is 0. The second-order valence-corrected chi connectivity index (χ2v) is 18.5. The quantitative estimate of drug-likeness (QED) is 0.0448. The van der Waals surface area contributed by atoms with Gasteiger partial charge in [0.15, 0.2) is 0 Å². The fourth-order valence-corrected chi connectivity index (χ4v) is 10.6. The minimum atomic E-state index is -3.21. The Morgan fingerprint density at radius 1 is 0.467 bits per heavy atom. The zero-order valence-electron chi connectivity index (χ0n) is 34.0. The Kier molecular flexibility index (Phi) is 15.2. The predicted octanol–water partition coefficient (Wildman–Crippen LogP) is 17.4. The topological polar surface area (TPSA) is 69.0 Å². The van der Waals surface area contributed by atoms with Gasteiger partial charge in [-0.3, -0.25) is 0 Å². The average molecular weight is 895 g/mol. The van der Waals surface area contributed by atoms with E-state index in [0.29, 0.717) is 12.8 Å². The van der Waals surface area contributed by atoms with Gasteiger partial charge in [0.25, 0.3) is 0 Å². The van der Waals surface area contributed by atoms with Crippen LogP contribution in [0, 0.1) is 0 Å². The number of ether oxygens (including phenoxy) is 2. The third-order valence-electron chi connectivity index (χ3n) is 10.6. The van der Waals surface area contributed by atoms with Crippen LogP contribution in [0.25, 0.3) is 52.8 Å². The van der Waals surface area contributed by atoms with Crippen LogP contribution >= 0.6 is 34.4 Å². The molecule has 0 bridgehead atoms. The molecule has 60 heavy (non-hydrogen) atoms. The summed E-state index contributed by atoms with van der Waals surface area (Å²) in [5.41, 5.74) is 6.37. The van der Waals surface area contributed by atoms with E-state index in [-0.39, 0.29) is 24.3 Å². The van der Waals surface area contributed by atoms with Crippen molar-refractivity contribution in [2.45, 2.75) is 129 Å². The number of benzene rings is 3. The van der Waals surface area contributed by atoms with Crippen molar-refractivity contribution in [2.75, 3.05) is 0 Å². The number of aromatic nitrogens is 2. The van der Waals surface area contributed by atoms with Gasteiger partial charge in [0.1, 0.15) is 33.9 Å². The molecule has 0 amide bonds. The first-order chi connectivity index (χ1) is 29.1. The number of halogens is 4. The molecule has 0 atom stereocenters. The first kappa shape index (κ1) is 44.1. The summed E-state index contributed by atoms with van der Waals surface area (Å²) in [6, 6.07) is 21.7. The number of thiophene rings is 2. The van der Waals surface area contributed by atoms with E-state index in [1.807, 2.05) is 24.3 Å². The van der Waals surface area contributed by atoms with Crippen LogP contribution in [-0.2, 0) is 11.4 Å². The molecule has 6 aromatic rings. The zero-order chi connectivity index (χ0) is 42.0. The molecule has 0 unspecified atom stereocenters. The van der Waals surface area contributed by atoms with E-state index in [2.05, 4.69) is 13.8 Å². The summed E-state index contributed by atoms with van der Waals surface area (Å²) in [6.07, 6.45) is 6.60. The molecule has 14 heteroatoms. The Morgan fingerprint density at radius 2 is 0.833 bits per heavy atom. The molecular weight excluding hydrogens is 845 g/mol. The lowest BCUT2D eigenvalue weighted by Crippen LogP contribution is -2.24. The Bertz CT molecular complexity index is 2230. The summed E-state index contributed by atoms with van der Waals surface area (Å²) in [5.74, 6) is 0.280. The van der Waals surface area contributed by atoms with Gasteiger partial charge in [0.2, 0.25) is 0 Å². The fraction of sp³-hybridized carbons (Fsp3) is 0.435. The molecule has 0 fully saturated rings. The summed E-state index contributed by atoms with van der Waals surface area (Å²) in [5, 5.41) is 0. The highest BCUT2D eigenvalue weighted by Crippen LogP contribution is 2.54. The number of unbranched alkanes of at least 4 members (excludes halogenated alkanes) is 12. The number of rotatable bonds is 24. The minimum Gasteiger partial charge on any atom is -0.433 e. The second-order valence-electron chi connectivity index (χ2n) is 15.3. The first-order valence-corrected chi connectivity index (χ1v) is 24.2. The summed E-state index contributed by atoms with van der Waals surface area (Å²) >= 11 is 5.38. The maximum absolute atomic E-state index is 14.6. The van der Waals surface area contributed by atoms with E-state index in [1.54, 1.807) is 71.2 Å². The van der Waals surface area contributed by atoms with E-state index < -0.39 is 12.2 Å². The molecule has 0 radical (unpaired) electrons. The second kappa shape index (κ2) is 20.7. The highest BCUT2D eigenvalue weighted by atomic mass is 32.1. The highest BCUT2D eigenvalue weighted by molar-refractivity contribution is 7.58. The van der Waals surface area contributed by atoms with Gasteiger partial charge in [-0.2, -0.15) is 35.0 Å². The first-order valence-electron chi connectivity index (χ1n) is 21.1. The lowest BCUT2D eigenvalue weighted by Gasteiger charge is -2.18. The standard InChI is InChI=1S/C46H50F4N4O2S4/c1-3-5-7-9-11-13-15-29-45(47,48)55-33-21-17-31(18-22-33)35-25-27-37(57-35)39-41-43(53-59-51-41)40(44-42(39)52-60-54-44)38-28-26-36(58-38)32-19-23-34(24-20-32)56-46(49,50)30-16-14-12-10-8-6-4-2/h17-28H,3-16,29-30H2,1-2H3. The summed E-state index contributed by atoms with van der Waals surface area (Å²) in [6.45, 7) is 4.32. The normalized spacial score (nSPS) is 12.6. The van der Waals surface area contributed by atoms with Gasteiger partial charge >= 0.3 is 12.2 Å². The van der Waals surface area contributed by atoms with E-state index in [0.717, 1.165) is 139 Å². The molecule has 0 aliphatic carbocycles. The maximum atomic E-state index is 14.6. The smallest absolute Gasteiger partial charge is 0.397 e. The number of fused-ring (bicyclic) bond motifs is 2.